The number of fused-ring (bicyclic) bond motifs is 1. The van der Waals surface area contributed by atoms with Crippen molar-refractivity contribution < 1.29 is 14.7 Å². The second-order valence-corrected chi connectivity index (χ2v) is 6.00. The predicted molar refractivity (Wildman–Crippen MR) is 90.5 cm³/mol. The van der Waals surface area contributed by atoms with Gasteiger partial charge in [0.05, 0.1) is 6.04 Å². The number of rotatable bonds is 5. The van der Waals surface area contributed by atoms with Crippen LogP contribution in [0.25, 0.3) is 0 Å². The molecule has 3 N–H and O–H groups in total. The van der Waals surface area contributed by atoms with E-state index < -0.39 is 18.1 Å². The zero-order valence-electron chi connectivity index (χ0n) is 13.2. The third-order valence-corrected chi connectivity index (χ3v) is 4.30. The lowest BCUT2D eigenvalue weighted by molar-refractivity contribution is -0.142. The van der Waals surface area contributed by atoms with Crippen LogP contribution in [0.5, 0.6) is 0 Å². The summed E-state index contributed by atoms with van der Waals surface area (Å²) < 4.78 is 0. The van der Waals surface area contributed by atoms with Gasteiger partial charge in [0, 0.05) is 13.0 Å². The minimum absolute atomic E-state index is 0.269. The molecule has 0 saturated carbocycles. The minimum Gasteiger partial charge on any atom is -0.480 e. The molecule has 0 fully saturated rings. The van der Waals surface area contributed by atoms with Gasteiger partial charge < -0.3 is 15.7 Å². The largest absolute Gasteiger partial charge is 0.480 e. The number of hydrogen-bond donors (Lipinski definition) is 3. The monoisotopic (exact) mass is 324 g/mol. The van der Waals surface area contributed by atoms with E-state index in [2.05, 4.69) is 10.6 Å². The minimum atomic E-state index is -1.02. The molecule has 0 saturated heterocycles. The summed E-state index contributed by atoms with van der Waals surface area (Å²) in [6.07, 6.45) is 0.838. The summed E-state index contributed by atoms with van der Waals surface area (Å²) >= 11 is 0. The fraction of sp³-hybridized carbons (Fsp3) is 0.263. The molecule has 5 nitrogen and oxygen atoms in total. The van der Waals surface area contributed by atoms with Gasteiger partial charge in [0.2, 0.25) is 5.91 Å². The molecule has 5 heteroatoms. The van der Waals surface area contributed by atoms with E-state index in [0.717, 1.165) is 11.1 Å². The van der Waals surface area contributed by atoms with Crippen molar-refractivity contribution in [2.24, 2.45) is 0 Å². The summed E-state index contributed by atoms with van der Waals surface area (Å²) in [6.45, 7) is 0.616. The Hall–Kier alpha value is -2.66. The van der Waals surface area contributed by atoms with Crippen molar-refractivity contribution in [2.75, 3.05) is 0 Å². The molecule has 1 heterocycles. The molecule has 1 amide bonds. The van der Waals surface area contributed by atoms with E-state index in [1.165, 1.54) is 5.56 Å². The van der Waals surface area contributed by atoms with Gasteiger partial charge in [-0.1, -0.05) is 54.6 Å². The van der Waals surface area contributed by atoms with Gasteiger partial charge in [-0.25, -0.2) is 4.79 Å². The molecule has 124 valence electrons. The van der Waals surface area contributed by atoms with Crippen LogP contribution in [0.2, 0.25) is 0 Å². The summed E-state index contributed by atoms with van der Waals surface area (Å²) in [7, 11) is 0. The lowest BCUT2D eigenvalue weighted by atomic mass is 9.95. The maximum Gasteiger partial charge on any atom is 0.326 e. The van der Waals surface area contributed by atoms with Crippen molar-refractivity contribution in [3.63, 3.8) is 0 Å². The van der Waals surface area contributed by atoms with Crippen molar-refractivity contribution in [2.45, 2.75) is 31.5 Å². The van der Waals surface area contributed by atoms with Gasteiger partial charge in [-0.2, -0.15) is 0 Å². The van der Waals surface area contributed by atoms with Crippen LogP contribution >= 0.6 is 0 Å². The number of amides is 1. The summed E-state index contributed by atoms with van der Waals surface area (Å²) in [4.78, 5) is 24.0. The van der Waals surface area contributed by atoms with E-state index in [9.17, 15) is 14.7 Å². The molecule has 0 unspecified atom stereocenters. The van der Waals surface area contributed by atoms with Gasteiger partial charge >= 0.3 is 5.97 Å². The van der Waals surface area contributed by atoms with Crippen LogP contribution in [0, 0.1) is 0 Å². The molecule has 0 bridgehead atoms. The number of carbonyl (C=O) groups excluding carboxylic acids is 1. The lowest BCUT2D eigenvalue weighted by Gasteiger charge is -2.26. The Morgan fingerprint density at radius 3 is 2.46 bits per heavy atom. The standard InChI is InChI=1S/C19H20N2O3/c22-18(16-11-14-8-4-5-9-15(14)12-20-16)21-17(19(23)24)10-13-6-2-1-3-7-13/h1-9,16-17,20H,10-12H2,(H,21,22)(H,23,24)/t16-,17+/m1/s1. The van der Waals surface area contributed by atoms with Gasteiger partial charge in [0.25, 0.3) is 0 Å². The third-order valence-electron chi connectivity index (χ3n) is 4.30. The van der Waals surface area contributed by atoms with Crippen LogP contribution in [0.1, 0.15) is 16.7 Å². The summed E-state index contributed by atoms with van der Waals surface area (Å²) in [5.41, 5.74) is 3.19. The Kier molecular flexibility index (Phi) is 4.91. The number of carboxylic acids is 1. The molecule has 0 radical (unpaired) electrons. The van der Waals surface area contributed by atoms with Crippen molar-refractivity contribution in [1.82, 2.24) is 10.6 Å². The molecular formula is C19H20N2O3. The number of nitrogens with one attached hydrogen (secondary N) is 2. The van der Waals surface area contributed by atoms with E-state index in [1.54, 1.807) is 0 Å². The number of carbonyl (C=O) groups is 2. The van der Waals surface area contributed by atoms with Crippen LogP contribution in [-0.4, -0.2) is 29.1 Å². The maximum atomic E-state index is 12.5. The highest BCUT2D eigenvalue weighted by molar-refractivity contribution is 5.87. The zero-order valence-corrected chi connectivity index (χ0v) is 13.2. The SMILES string of the molecule is O=C(O)[C@H](Cc1ccccc1)NC(=O)[C@H]1Cc2ccccc2CN1. The van der Waals surface area contributed by atoms with Gasteiger partial charge in [-0.3, -0.25) is 4.79 Å². The van der Waals surface area contributed by atoms with Gasteiger partial charge in [-0.15, -0.1) is 0 Å². The first kappa shape index (κ1) is 16.2. The van der Waals surface area contributed by atoms with Crippen molar-refractivity contribution >= 4 is 11.9 Å². The Morgan fingerprint density at radius 1 is 1.08 bits per heavy atom. The topological polar surface area (TPSA) is 78.4 Å². The quantitative estimate of drug-likeness (QED) is 0.779. The first-order valence-electron chi connectivity index (χ1n) is 8.01. The Bertz CT molecular complexity index is 730. The Balaban J connectivity index is 1.65. The summed E-state index contributed by atoms with van der Waals surface area (Å²) in [5, 5.41) is 15.2. The van der Waals surface area contributed by atoms with Crippen LogP contribution in [0.15, 0.2) is 54.6 Å². The van der Waals surface area contributed by atoms with Crippen LogP contribution in [-0.2, 0) is 29.0 Å². The summed E-state index contributed by atoms with van der Waals surface area (Å²) in [6, 6.07) is 15.9. The number of benzene rings is 2. The van der Waals surface area contributed by atoms with Crippen molar-refractivity contribution in [3.8, 4) is 0 Å². The van der Waals surface area contributed by atoms with Crippen LogP contribution in [0.3, 0.4) is 0 Å². The maximum absolute atomic E-state index is 12.5. The first-order valence-corrected chi connectivity index (χ1v) is 8.01. The zero-order chi connectivity index (χ0) is 16.9. The molecule has 0 spiro atoms. The highest BCUT2D eigenvalue weighted by Crippen LogP contribution is 2.16. The normalized spacial score (nSPS) is 17.6. The molecule has 2 aromatic carbocycles. The lowest BCUT2D eigenvalue weighted by Crippen LogP contribution is -2.52. The fourth-order valence-corrected chi connectivity index (χ4v) is 2.96. The van der Waals surface area contributed by atoms with Crippen molar-refractivity contribution in [3.05, 3.63) is 71.3 Å². The van der Waals surface area contributed by atoms with E-state index in [0.29, 0.717) is 13.0 Å². The smallest absolute Gasteiger partial charge is 0.326 e. The molecule has 1 aliphatic heterocycles. The Morgan fingerprint density at radius 2 is 1.75 bits per heavy atom. The Labute approximate surface area is 140 Å². The molecule has 24 heavy (non-hydrogen) atoms. The molecule has 0 aromatic heterocycles. The van der Waals surface area contributed by atoms with Gasteiger partial charge in [0.15, 0.2) is 0 Å². The van der Waals surface area contributed by atoms with Crippen LogP contribution < -0.4 is 10.6 Å². The average Bonchev–Trinajstić information content (AvgIpc) is 2.61. The number of hydrogen-bond acceptors (Lipinski definition) is 3. The van der Waals surface area contributed by atoms with Gasteiger partial charge in [-0.05, 0) is 23.1 Å². The second kappa shape index (κ2) is 7.27. The molecule has 1 aliphatic rings. The fourth-order valence-electron chi connectivity index (χ4n) is 2.96. The van der Waals surface area contributed by atoms with Crippen LogP contribution in [0.4, 0.5) is 0 Å². The predicted octanol–water partition coefficient (Wildman–Crippen LogP) is 1.51. The van der Waals surface area contributed by atoms with E-state index in [-0.39, 0.29) is 12.3 Å². The van der Waals surface area contributed by atoms with E-state index >= 15 is 0 Å². The number of aliphatic carboxylic acids is 1. The molecular weight excluding hydrogens is 304 g/mol. The first-order chi connectivity index (χ1) is 11.6. The summed E-state index contributed by atoms with van der Waals surface area (Å²) in [5.74, 6) is -1.30. The van der Waals surface area contributed by atoms with Gasteiger partial charge in [0.1, 0.15) is 6.04 Å². The van der Waals surface area contributed by atoms with E-state index in [1.807, 2.05) is 54.6 Å². The molecule has 2 atom stereocenters. The number of carboxylic acid groups (broad SMARTS) is 1. The highest BCUT2D eigenvalue weighted by Gasteiger charge is 2.28. The molecule has 2 aromatic rings. The van der Waals surface area contributed by atoms with E-state index in [4.69, 9.17) is 0 Å². The third kappa shape index (κ3) is 3.81. The van der Waals surface area contributed by atoms with Crippen molar-refractivity contribution in [1.29, 1.82) is 0 Å². The second-order valence-electron chi connectivity index (χ2n) is 6.00. The highest BCUT2D eigenvalue weighted by atomic mass is 16.4. The average molecular weight is 324 g/mol. The molecule has 0 aliphatic carbocycles. The molecule has 3 rings (SSSR count).